The van der Waals surface area contributed by atoms with Gasteiger partial charge in [0.15, 0.2) is 0 Å². The van der Waals surface area contributed by atoms with Crippen LogP contribution in [0.25, 0.3) is 0 Å². The summed E-state index contributed by atoms with van der Waals surface area (Å²) in [7, 11) is 0. The van der Waals surface area contributed by atoms with Gasteiger partial charge in [-0.15, -0.1) is 12.3 Å². The summed E-state index contributed by atoms with van der Waals surface area (Å²) in [5, 5.41) is 3.13. The highest BCUT2D eigenvalue weighted by Crippen LogP contribution is 2.13. The van der Waals surface area contributed by atoms with Gasteiger partial charge in [-0.1, -0.05) is 0 Å². The SMILES string of the molecule is C#CCCCNc1cc(C)cc(F)c1. The first-order chi connectivity index (χ1) is 6.72. The van der Waals surface area contributed by atoms with Crippen molar-refractivity contribution in [2.24, 2.45) is 0 Å². The molecule has 1 aromatic rings. The average molecular weight is 191 g/mol. The summed E-state index contributed by atoms with van der Waals surface area (Å²) < 4.78 is 12.9. The average Bonchev–Trinajstić information content (AvgIpc) is 2.11. The van der Waals surface area contributed by atoms with E-state index in [0.29, 0.717) is 0 Å². The number of aryl methyl sites for hydroxylation is 1. The van der Waals surface area contributed by atoms with Crippen LogP contribution in [0.4, 0.5) is 10.1 Å². The summed E-state index contributed by atoms with van der Waals surface area (Å²) in [6.07, 6.45) is 6.78. The van der Waals surface area contributed by atoms with Crippen LogP contribution < -0.4 is 5.32 Å². The summed E-state index contributed by atoms with van der Waals surface area (Å²) >= 11 is 0. The molecule has 0 saturated heterocycles. The van der Waals surface area contributed by atoms with Crippen molar-refractivity contribution < 1.29 is 4.39 Å². The molecule has 1 nitrogen and oxygen atoms in total. The fourth-order valence-electron chi connectivity index (χ4n) is 1.26. The Bertz CT molecular complexity index is 318. The standard InChI is InChI=1S/C12H14FN/c1-3-4-5-6-14-12-8-10(2)7-11(13)9-12/h1,7-9,14H,4-6H2,2H3. The number of anilines is 1. The Balaban J connectivity index is 2.47. The van der Waals surface area contributed by atoms with Gasteiger partial charge in [-0.3, -0.25) is 0 Å². The van der Waals surface area contributed by atoms with Crippen LogP contribution >= 0.6 is 0 Å². The van der Waals surface area contributed by atoms with Gasteiger partial charge in [0.25, 0.3) is 0 Å². The van der Waals surface area contributed by atoms with Crippen LogP contribution in [0.3, 0.4) is 0 Å². The first-order valence-electron chi connectivity index (χ1n) is 4.67. The van der Waals surface area contributed by atoms with E-state index < -0.39 is 0 Å². The second kappa shape index (κ2) is 5.29. The van der Waals surface area contributed by atoms with Crippen LogP contribution in [-0.2, 0) is 0 Å². The summed E-state index contributed by atoms with van der Waals surface area (Å²) in [6, 6.07) is 4.91. The zero-order valence-corrected chi connectivity index (χ0v) is 8.31. The minimum Gasteiger partial charge on any atom is -0.385 e. The molecule has 1 rings (SSSR count). The number of benzene rings is 1. The third kappa shape index (κ3) is 3.49. The number of nitrogens with one attached hydrogen (secondary N) is 1. The first-order valence-corrected chi connectivity index (χ1v) is 4.67. The van der Waals surface area contributed by atoms with Crippen LogP contribution in [0.15, 0.2) is 18.2 Å². The molecule has 0 bridgehead atoms. The maximum Gasteiger partial charge on any atom is 0.125 e. The van der Waals surface area contributed by atoms with Crippen LogP contribution in [-0.4, -0.2) is 6.54 Å². The van der Waals surface area contributed by atoms with E-state index in [-0.39, 0.29) is 5.82 Å². The highest BCUT2D eigenvalue weighted by molar-refractivity contribution is 5.45. The lowest BCUT2D eigenvalue weighted by atomic mass is 10.2. The molecule has 0 amide bonds. The van der Waals surface area contributed by atoms with Gasteiger partial charge < -0.3 is 5.32 Å². The molecular formula is C12H14FN. The lowest BCUT2D eigenvalue weighted by Crippen LogP contribution is -2.01. The van der Waals surface area contributed by atoms with Gasteiger partial charge in [0.05, 0.1) is 0 Å². The Labute approximate surface area is 84.3 Å². The molecule has 1 aromatic carbocycles. The number of terminal acetylenes is 1. The van der Waals surface area contributed by atoms with E-state index in [2.05, 4.69) is 11.2 Å². The summed E-state index contributed by atoms with van der Waals surface area (Å²) in [5.74, 6) is 2.36. The Kier molecular flexibility index (Phi) is 4.00. The van der Waals surface area contributed by atoms with Gasteiger partial charge in [-0.2, -0.15) is 0 Å². The molecule has 0 heterocycles. The van der Waals surface area contributed by atoms with Crippen molar-refractivity contribution >= 4 is 5.69 Å². The van der Waals surface area contributed by atoms with Gasteiger partial charge in [0, 0.05) is 18.7 Å². The Morgan fingerprint density at radius 2 is 2.21 bits per heavy atom. The molecule has 0 unspecified atom stereocenters. The van der Waals surface area contributed by atoms with E-state index in [1.165, 1.54) is 12.1 Å². The van der Waals surface area contributed by atoms with Crippen molar-refractivity contribution in [1.29, 1.82) is 0 Å². The Hall–Kier alpha value is -1.49. The Morgan fingerprint density at radius 1 is 1.43 bits per heavy atom. The molecule has 0 spiro atoms. The van der Waals surface area contributed by atoms with E-state index in [1.54, 1.807) is 0 Å². The fourth-order valence-corrected chi connectivity index (χ4v) is 1.26. The smallest absolute Gasteiger partial charge is 0.125 e. The number of unbranched alkanes of at least 4 members (excludes halogenated alkanes) is 1. The number of halogens is 1. The lowest BCUT2D eigenvalue weighted by Gasteiger charge is -2.06. The van der Waals surface area contributed by atoms with Crippen molar-refractivity contribution in [3.8, 4) is 12.3 Å². The molecule has 14 heavy (non-hydrogen) atoms. The minimum absolute atomic E-state index is 0.204. The first kappa shape index (κ1) is 10.6. The quantitative estimate of drug-likeness (QED) is 0.570. The number of hydrogen-bond acceptors (Lipinski definition) is 1. The molecule has 0 saturated carbocycles. The molecule has 0 aliphatic carbocycles. The lowest BCUT2D eigenvalue weighted by molar-refractivity contribution is 0.627. The number of rotatable bonds is 4. The largest absolute Gasteiger partial charge is 0.385 e. The van der Waals surface area contributed by atoms with Crippen molar-refractivity contribution in [3.63, 3.8) is 0 Å². The highest BCUT2D eigenvalue weighted by atomic mass is 19.1. The zero-order chi connectivity index (χ0) is 10.4. The fraction of sp³-hybridized carbons (Fsp3) is 0.333. The van der Waals surface area contributed by atoms with Gasteiger partial charge in [-0.25, -0.2) is 4.39 Å². The van der Waals surface area contributed by atoms with Gasteiger partial charge in [0.2, 0.25) is 0 Å². The van der Waals surface area contributed by atoms with E-state index >= 15 is 0 Å². The second-order valence-corrected chi connectivity index (χ2v) is 3.25. The molecule has 0 aromatic heterocycles. The monoisotopic (exact) mass is 191 g/mol. The summed E-state index contributed by atoms with van der Waals surface area (Å²) in [5.41, 5.74) is 1.74. The molecule has 0 atom stereocenters. The molecule has 0 radical (unpaired) electrons. The Morgan fingerprint density at radius 3 is 2.86 bits per heavy atom. The molecule has 0 aliphatic heterocycles. The van der Waals surface area contributed by atoms with Crippen molar-refractivity contribution in [2.45, 2.75) is 19.8 Å². The minimum atomic E-state index is -0.204. The molecule has 1 N–H and O–H groups in total. The zero-order valence-electron chi connectivity index (χ0n) is 8.31. The topological polar surface area (TPSA) is 12.0 Å². The predicted octanol–water partition coefficient (Wildman–Crippen LogP) is 2.96. The van der Waals surface area contributed by atoms with Gasteiger partial charge in [0.1, 0.15) is 5.82 Å². The molecule has 0 fully saturated rings. The molecule has 74 valence electrons. The highest BCUT2D eigenvalue weighted by Gasteiger charge is 1.96. The van der Waals surface area contributed by atoms with Crippen LogP contribution in [0.2, 0.25) is 0 Å². The van der Waals surface area contributed by atoms with E-state index in [4.69, 9.17) is 6.42 Å². The maximum atomic E-state index is 12.9. The normalized spacial score (nSPS) is 9.50. The van der Waals surface area contributed by atoms with E-state index in [0.717, 1.165) is 30.6 Å². The van der Waals surface area contributed by atoms with Crippen molar-refractivity contribution in [2.75, 3.05) is 11.9 Å². The predicted molar refractivity (Wildman–Crippen MR) is 57.7 cm³/mol. The van der Waals surface area contributed by atoms with Crippen LogP contribution in [0.5, 0.6) is 0 Å². The van der Waals surface area contributed by atoms with Crippen LogP contribution in [0.1, 0.15) is 18.4 Å². The number of hydrogen-bond donors (Lipinski definition) is 1. The van der Waals surface area contributed by atoms with Gasteiger partial charge in [-0.05, 0) is 37.1 Å². The third-order valence-corrected chi connectivity index (χ3v) is 1.87. The second-order valence-electron chi connectivity index (χ2n) is 3.25. The van der Waals surface area contributed by atoms with Crippen molar-refractivity contribution in [3.05, 3.63) is 29.6 Å². The van der Waals surface area contributed by atoms with Crippen LogP contribution in [0, 0.1) is 25.1 Å². The summed E-state index contributed by atoms with van der Waals surface area (Å²) in [4.78, 5) is 0. The molecule has 0 aliphatic rings. The van der Waals surface area contributed by atoms with Gasteiger partial charge >= 0.3 is 0 Å². The molecule has 2 heteroatoms. The van der Waals surface area contributed by atoms with E-state index in [9.17, 15) is 4.39 Å². The summed E-state index contributed by atoms with van der Waals surface area (Å²) in [6.45, 7) is 2.66. The third-order valence-electron chi connectivity index (χ3n) is 1.87. The van der Waals surface area contributed by atoms with E-state index in [1.807, 2.05) is 13.0 Å². The molecular weight excluding hydrogens is 177 g/mol. The van der Waals surface area contributed by atoms with Crippen molar-refractivity contribution in [1.82, 2.24) is 0 Å². The maximum absolute atomic E-state index is 12.9.